The molecule has 0 spiro atoms. The predicted octanol–water partition coefficient (Wildman–Crippen LogP) is 6.91. The highest BCUT2D eigenvalue weighted by Crippen LogP contribution is 2.44. The van der Waals surface area contributed by atoms with E-state index in [1.807, 2.05) is 26.0 Å². The summed E-state index contributed by atoms with van der Waals surface area (Å²) in [5.74, 6) is -0.826. The molecule has 0 unspecified atom stereocenters. The summed E-state index contributed by atoms with van der Waals surface area (Å²) in [6, 6.07) is 6.58. The molecule has 0 saturated carbocycles. The summed E-state index contributed by atoms with van der Waals surface area (Å²) in [4.78, 5) is 13.5. The molecular weight excluding hydrogens is 440 g/mol. The lowest BCUT2D eigenvalue weighted by atomic mass is 9.86. The fourth-order valence-electron chi connectivity index (χ4n) is 4.16. The van der Waals surface area contributed by atoms with Gasteiger partial charge in [-0.3, -0.25) is 4.79 Å². The molecular formula is C30H36O5. The van der Waals surface area contributed by atoms with E-state index in [4.69, 9.17) is 4.74 Å². The van der Waals surface area contributed by atoms with E-state index in [0.717, 1.165) is 29.5 Å². The maximum absolute atomic E-state index is 13.5. The van der Waals surface area contributed by atoms with Crippen molar-refractivity contribution in [3.63, 3.8) is 0 Å². The minimum atomic E-state index is -0.615. The number of benzene rings is 2. The molecule has 2 aromatic carbocycles. The third kappa shape index (κ3) is 6.36. The zero-order chi connectivity index (χ0) is 25.7. The molecule has 5 heteroatoms. The number of rotatable bonds is 8. The lowest BCUT2D eigenvalue weighted by Gasteiger charge is -2.26. The molecule has 0 aromatic heterocycles. The third-order valence-corrected chi connectivity index (χ3v) is 6.30. The summed E-state index contributed by atoms with van der Waals surface area (Å²) < 4.78 is 5.80. The average Bonchev–Trinajstić information content (AvgIpc) is 2.78. The summed E-state index contributed by atoms with van der Waals surface area (Å²) in [5, 5.41) is 31.6. The van der Waals surface area contributed by atoms with Crippen molar-refractivity contribution in [2.45, 2.75) is 66.2 Å². The minimum absolute atomic E-state index is 0.0938. The van der Waals surface area contributed by atoms with Crippen LogP contribution in [-0.4, -0.2) is 27.7 Å². The molecule has 0 amide bonds. The molecule has 5 nitrogen and oxygen atoms in total. The number of ether oxygens (including phenoxy) is 1. The van der Waals surface area contributed by atoms with Gasteiger partial charge in [-0.05, 0) is 77.5 Å². The first-order valence-corrected chi connectivity index (χ1v) is 12.1. The standard InChI is InChI=1S/C30H36O5/c1-18(2)7-6-8-20(5)10-11-22-15-21(12-14-25(22)31)24-17-35-27-16-26(32)23(13-9-19(3)4)29(33)28(27)30(24)34/h7,9-10,12,14-16,24,31-33H,6,8,11,13,17H2,1-5H3/t24-/m0/s1. The lowest BCUT2D eigenvalue weighted by molar-refractivity contribution is 0.0891. The lowest BCUT2D eigenvalue weighted by Crippen LogP contribution is -2.26. The SMILES string of the molecule is CC(C)=CCCC(C)=CCc1cc([C@@H]2COc3cc(O)c(CC=C(C)C)c(O)c3C2=O)ccc1O. The van der Waals surface area contributed by atoms with E-state index in [9.17, 15) is 20.1 Å². The quantitative estimate of drug-likeness (QED) is 0.361. The third-order valence-electron chi connectivity index (χ3n) is 6.30. The van der Waals surface area contributed by atoms with Gasteiger partial charge in [0.15, 0.2) is 5.78 Å². The van der Waals surface area contributed by atoms with Crippen LogP contribution in [-0.2, 0) is 12.8 Å². The highest BCUT2D eigenvalue weighted by atomic mass is 16.5. The Morgan fingerprint density at radius 2 is 1.66 bits per heavy atom. The maximum atomic E-state index is 13.5. The van der Waals surface area contributed by atoms with Crippen molar-refractivity contribution in [2.75, 3.05) is 6.61 Å². The van der Waals surface area contributed by atoms with Crippen molar-refractivity contribution in [1.82, 2.24) is 0 Å². The highest BCUT2D eigenvalue weighted by molar-refractivity contribution is 6.07. The Morgan fingerprint density at radius 3 is 2.34 bits per heavy atom. The zero-order valence-corrected chi connectivity index (χ0v) is 21.3. The van der Waals surface area contributed by atoms with E-state index in [1.54, 1.807) is 12.1 Å². The number of hydrogen-bond donors (Lipinski definition) is 3. The van der Waals surface area contributed by atoms with Crippen molar-refractivity contribution in [1.29, 1.82) is 0 Å². The Hall–Kier alpha value is -3.47. The normalized spacial score (nSPS) is 15.3. The molecule has 2 aromatic rings. The van der Waals surface area contributed by atoms with E-state index >= 15 is 0 Å². The van der Waals surface area contributed by atoms with Crippen LogP contribution in [0.1, 0.15) is 80.4 Å². The second-order valence-corrected chi connectivity index (χ2v) is 9.77. The Labute approximate surface area is 208 Å². The van der Waals surface area contributed by atoms with E-state index in [0.29, 0.717) is 18.4 Å². The fraction of sp³-hybridized carbons (Fsp3) is 0.367. The summed E-state index contributed by atoms with van der Waals surface area (Å²) in [6.45, 7) is 10.2. The first kappa shape index (κ1) is 26.1. The zero-order valence-electron chi connectivity index (χ0n) is 21.3. The summed E-state index contributed by atoms with van der Waals surface area (Å²) >= 11 is 0. The van der Waals surface area contributed by atoms with E-state index in [2.05, 4.69) is 32.9 Å². The number of phenols is 3. The molecule has 1 aliphatic rings. The molecule has 0 saturated heterocycles. The summed E-state index contributed by atoms with van der Waals surface area (Å²) in [6.07, 6.45) is 9.02. The molecule has 0 fully saturated rings. The van der Waals surface area contributed by atoms with E-state index < -0.39 is 5.92 Å². The summed E-state index contributed by atoms with van der Waals surface area (Å²) in [7, 11) is 0. The molecule has 186 valence electrons. The van der Waals surface area contributed by atoms with Gasteiger partial charge in [-0.15, -0.1) is 0 Å². The Kier molecular flexibility index (Phi) is 8.44. The van der Waals surface area contributed by atoms with Crippen LogP contribution in [0.3, 0.4) is 0 Å². The first-order chi connectivity index (χ1) is 16.6. The van der Waals surface area contributed by atoms with Crippen LogP contribution in [0.2, 0.25) is 0 Å². The Balaban J connectivity index is 1.86. The van der Waals surface area contributed by atoms with Gasteiger partial charge in [-0.25, -0.2) is 0 Å². The Morgan fingerprint density at radius 1 is 0.943 bits per heavy atom. The van der Waals surface area contributed by atoms with Crippen LogP contribution in [0.25, 0.3) is 0 Å². The topological polar surface area (TPSA) is 87.0 Å². The molecule has 3 rings (SSSR count). The van der Waals surface area contributed by atoms with Gasteiger partial charge in [-0.1, -0.05) is 47.1 Å². The molecule has 3 N–H and O–H groups in total. The number of allylic oxidation sites excluding steroid dienone is 6. The van der Waals surface area contributed by atoms with Crippen molar-refractivity contribution in [2.24, 2.45) is 0 Å². The molecule has 0 radical (unpaired) electrons. The largest absolute Gasteiger partial charge is 0.508 e. The van der Waals surface area contributed by atoms with Gasteiger partial charge < -0.3 is 20.1 Å². The summed E-state index contributed by atoms with van der Waals surface area (Å²) in [5.41, 5.74) is 5.45. The van der Waals surface area contributed by atoms with Crippen LogP contribution in [0, 0.1) is 0 Å². The first-order valence-electron chi connectivity index (χ1n) is 12.1. The van der Waals surface area contributed by atoms with Crippen molar-refractivity contribution in [3.8, 4) is 23.0 Å². The van der Waals surface area contributed by atoms with Gasteiger partial charge in [0.2, 0.25) is 0 Å². The van der Waals surface area contributed by atoms with Crippen LogP contribution in [0.15, 0.2) is 59.2 Å². The average molecular weight is 477 g/mol. The van der Waals surface area contributed by atoms with Crippen molar-refractivity contribution >= 4 is 5.78 Å². The molecule has 35 heavy (non-hydrogen) atoms. The number of Topliss-reactive ketones (excluding diaryl/α,β-unsaturated/α-hetero) is 1. The maximum Gasteiger partial charge on any atom is 0.181 e. The number of hydrogen-bond acceptors (Lipinski definition) is 5. The monoisotopic (exact) mass is 476 g/mol. The van der Waals surface area contributed by atoms with Crippen LogP contribution in [0.5, 0.6) is 23.0 Å². The van der Waals surface area contributed by atoms with Gasteiger partial charge in [0, 0.05) is 11.6 Å². The number of phenolic OH excluding ortho intramolecular Hbond substituents is 3. The molecule has 0 bridgehead atoms. The predicted molar refractivity (Wildman–Crippen MR) is 140 cm³/mol. The second-order valence-electron chi connectivity index (χ2n) is 9.77. The molecule has 1 heterocycles. The van der Waals surface area contributed by atoms with Crippen molar-refractivity contribution in [3.05, 3.63) is 81.5 Å². The van der Waals surface area contributed by atoms with Crippen LogP contribution < -0.4 is 4.74 Å². The molecule has 1 aliphatic heterocycles. The van der Waals surface area contributed by atoms with Crippen LogP contribution in [0.4, 0.5) is 0 Å². The number of aromatic hydroxyl groups is 3. The molecule has 1 atom stereocenters. The van der Waals surface area contributed by atoms with E-state index in [-0.39, 0.29) is 41.0 Å². The van der Waals surface area contributed by atoms with Gasteiger partial charge >= 0.3 is 0 Å². The highest BCUT2D eigenvalue weighted by Gasteiger charge is 2.35. The number of fused-ring (bicyclic) bond motifs is 1. The fourth-order valence-corrected chi connectivity index (χ4v) is 4.16. The van der Waals surface area contributed by atoms with Gasteiger partial charge in [0.1, 0.15) is 35.2 Å². The van der Waals surface area contributed by atoms with E-state index in [1.165, 1.54) is 17.2 Å². The minimum Gasteiger partial charge on any atom is -0.508 e. The second kappa shape index (κ2) is 11.3. The van der Waals surface area contributed by atoms with Crippen LogP contribution >= 0.6 is 0 Å². The van der Waals surface area contributed by atoms with Crippen molar-refractivity contribution < 1.29 is 24.9 Å². The Bertz CT molecular complexity index is 1190. The smallest absolute Gasteiger partial charge is 0.181 e. The van der Waals surface area contributed by atoms with Gasteiger partial charge in [-0.2, -0.15) is 0 Å². The number of ketones is 1. The van der Waals surface area contributed by atoms with Gasteiger partial charge in [0.05, 0.1) is 5.92 Å². The number of carbonyl (C=O) groups excluding carboxylic acids is 1. The van der Waals surface area contributed by atoms with Gasteiger partial charge in [0.25, 0.3) is 0 Å². The molecule has 0 aliphatic carbocycles. The number of carbonyl (C=O) groups is 1.